The smallest absolute Gasteiger partial charge is 0.255 e. The summed E-state index contributed by atoms with van der Waals surface area (Å²) in [5, 5.41) is 11.2. The number of nitrogens with zero attached hydrogens (tertiary/aromatic N) is 1. The van der Waals surface area contributed by atoms with E-state index in [4.69, 9.17) is 4.74 Å². The van der Waals surface area contributed by atoms with Crippen molar-refractivity contribution in [2.45, 2.75) is 52.6 Å². The normalized spacial score (nSPS) is 20.0. The second-order valence-corrected chi connectivity index (χ2v) is 8.81. The Bertz CT molecular complexity index is 872. The molecule has 1 aromatic rings. The summed E-state index contributed by atoms with van der Waals surface area (Å²) in [5.41, 5.74) is 0.277. The molecule has 1 aliphatic heterocycles. The van der Waals surface area contributed by atoms with E-state index < -0.39 is 18.0 Å². The minimum atomic E-state index is -0.922. The number of rotatable bonds is 7. The van der Waals surface area contributed by atoms with Crippen LogP contribution < -0.4 is 26.0 Å². The number of nitrogens with one attached hydrogen (secondary N) is 4. The minimum absolute atomic E-state index is 0.0247. The van der Waals surface area contributed by atoms with Crippen LogP contribution in [0.1, 0.15) is 50.9 Å². The maximum Gasteiger partial charge on any atom is 0.255 e. The summed E-state index contributed by atoms with van der Waals surface area (Å²) in [6.07, 6.45) is 0.0627. The van der Waals surface area contributed by atoms with Crippen LogP contribution in [0.25, 0.3) is 0 Å². The molecule has 2 rings (SSSR count). The molecule has 1 aromatic carbocycles. The number of benzene rings is 1. The number of carbonyl (C=O) groups excluding carboxylic acids is 4. The Morgan fingerprint density at radius 1 is 1.14 bits per heavy atom. The number of ether oxygens (including phenoxy) is 1. The fraction of sp³-hybridized carbons (Fsp3) is 0.600. The Balaban J connectivity index is 2.22. The molecule has 0 aromatic heterocycles. The van der Waals surface area contributed by atoms with Crippen LogP contribution in [0.4, 0.5) is 0 Å². The molecule has 1 aliphatic rings. The third-order valence-electron chi connectivity index (χ3n) is 5.96. The van der Waals surface area contributed by atoms with Gasteiger partial charge < -0.3 is 30.9 Å². The van der Waals surface area contributed by atoms with Crippen molar-refractivity contribution in [3.8, 4) is 5.75 Å². The molecule has 0 bridgehead atoms. The molecule has 0 saturated carbocycles. The molecule has 0 saturated heterocycles. The highest BCUT2D eigenvalue weighted by atomic mass is 16.5. The van der Waals surface area contributed by atoms with Gasteiger partial charge in [-0.2, -0.15) is 0 Å². The maximum absolute atomic E-state index is 13.1. The topological polar surface area (TPSA) is 129 Å². The van der Waals surface area contributed by atoms with Gasteiger partial charge in [0, 0.05) is 19.5 Å². The Morgan fingerprint density at radius 2 is 1.86 bits per heavy atom. The predicted octanol–water partition coefficient (Wildman–Crippen LogP) is 0.673. The van der Waals surface area contributed by atoms with Crippen molar-refractivity contribution in [3.05, 3.63) is 29.8 Å². The summed E-state index contributed by atoms with van der Waals surface area (Å²) in [5.74, 6) is -1.27. The predicted molar refractivity (Wildman–Crippen MR) is 133 cm³/mol. The van der Waals surface area contributed by atoms with Crippen molar-refractivity contribution >= 4 is 23.6 Å². The molecule has 10 heteroatoms. The third kappa shape index (κ3) is 8.86. The third-order valence-corrected chi connectivity index (χ3v) is 5.96. The molecule has 2 atom stereocenters. The highest BCUT2D eigenvalue weighted by Gasteiger charge is 2.27. The van der Waals surface area contributed by atoms with Crippen LogP contribution in [-0.4, -0.2) is 79.9 Å². The number of para-hydroxylation sites is 1. The van der Waals surface area contributed by atoms with E-state index in [9.17, 15) is 19.2 Å². The summed E-state index contributed by atoms with van der Waals surface area (Å²) in [6, 6.07) is 5.09. The van der Waals surface area contributed by atoms with Crippen molar-refractivity contribution in [2.75, 3.05) is 39.3 Å². The fourth-order valence-corrected chi connectivity index (χ4v) is 3.79. The van der Waals surface area contributed by atoms with E-state index >= 15 is 0 Å². The summed E-state index contributed by atoms with van der Waals surface area (Å²) in [6.45, 7) is 11.0. The second-order valence-electron chi connectivity index (χ2n) is 8.81. The summed E-state index contributed by atoms with van der Waals surface area (Å²) >= 11 is 0. The number of hydrogen-bond donors (Lipinski definition) is 4. The quantitative estimate of drug-likeness (QED) is 0.446. The molecule has 10 nitrogen and oxygen atoms in total. The zero-order valence-corrected chi connectivity index (χ0v) is 21.2. The molecule has 4 N–H and O–H groups in total. The van der Waals surface area contributed by atoms with Gasteiger partial charge in [0.15, 0.2) is 0 Å². The highest BCUT2D eigenvalue weighted by molar-refractivity contribution is 5.99. The molecule has 0 fully saturated rings. The number of amides is 4. The fourth-order valence-electron chi connectivity index (χ4n) is 3.79. The second kappa shape index (κ2) is 14.3. The number of likely N-dealkylation sites (N-methyl/N-ethyl adjacent to an activating group) is 1. The molecule has 0 radical (unpaired) electrons. The molecule has 35 heavy (non-hydrogen) atoms. The van der Waals surface area contributed by atoms with Crippen LogP contribution in [0.5, 0.6) is 5.75 Å². The number of hydrogen-bond acceptors (Lipinski definition) is 6. The van der Waals surface area contributed by atoms with E-state index in [1.807, 2.05) is 27.7 Å². The van der Waals surface area contributed by atoms with E-state index in [1.54, 1.807) is 24.3 Å². The van der Waals surface area contributed by atoms with Crippen molar-refractivity contribution in [3.63, 3.8) is 0 Å². The largest absolute Gasteiger partial charge is 0.491 e. The molecule has 0 unspecified atom stereocenters. The number of fused-ring (bicyclic) bond motifs is 1. The molecule has 1 heterocycles. The van der Waals surface area contributed by atoms with Gasteiger partial charge in [0.1, 0.15) is 24.4 Å². The lowest BCUT2D eigenvalue weighted by Gasteiger charge is -2.23. The van der Waals surface area contributed by atoms with Crippen molar-refractivity contribution in [1.82, 2.24) is 26.2 Å². The summed E-state index contributed by atoms with van der Waals surface area (Å²) in [4.78, 5) is 53.5. The van der Waals surface area contributed by atoms with E-state index in [0.717, 1.165) is 13.1 Å². The lowest BCUT2D eigenvalue weighted by Crippen LogP contribution is -2.51. The van der Waals surface area contributed by atoms with Gasteiger partial charge in [-0.15, -0.1) is 0 Å². The first-order valence-electron chi connectivity index (χ1n) is 12.4. The lowest BCUT2D eigenvalue weighted by atomic mass is 10.0. The van der Waals surface area contributed by atoms with Crippen LogP contribution >= 0.6 is 0 Å². The standard InChI is InChI=1S/C25H39N5O5/c1-5-30(6-2)15-13-26-24(33)19-11-12-21(31)29-22(17(3)4)25(34)27-14-16-35-20-10-8-7-9-18(20)23(32)28-19/h7-10,17,19,22H,5-6,11-16H2,1-4H3,(H,26,33)(H,27,34)(H,28,32)(H,29,31)/t19-,22+/m0/s1. The van der Waals surface area contributed by atoms with Gasteiger partial charge >= 0.3 is 0 Å². The van der Waals surface area contributed by atoms with E-state index in [2.05, 4.69) is 26.2 Å². The molecule has 0 aliphatic carbocycles. The van der Waals surface area contributed by atoms with Crippen molar-refractivity contribution in [1.29, 1.82) is 0 Å². The van der Waals surface area contributed by atoms with Gasteiger partial charge in [0.25, 0.3) is 5.91 Å². The van der Waals surface area contributed by atoms with Gasteiger partial charge in [0.2, 0.25) is 17.7 Å². The van der Waals surface area contributed by atoms with Gasteiger partial charge in [-0.1, -0.05) is 39.8 Å². The molecule has 4 amide bonds. The average molecular weight is 490 g/mol. The average Bonchev–Trinajstić information content (AvgIpc) is 2.84. The van der Waals surface area contributed by atoms with Crippen LogP contribution in [0.3, 0.4) is 0 Å². The highest BCUT2D eigenvalue weighted by Crippen LogP contribution is 2.18. The van der Waals surface area contributed by atoms with Gasteiger partial charge in [0.05, 0.1) is 12.1 Å². The van der Waals surface area contributed by atoms with Gasteiger partial charge in [-0.25, -0.2) is 0 Å². The minimum Gasteiger partial charge on any atom is -0.491 e. The van der Waals surface area contributed by atoms with Crippen molar-refractivity contribution < 1.29 is 23.9 Å². The van der Waals surface area contributed by atoms with Gasteiger partial charge in [-0.05, 0) is 37.6 Å². The molecule has 194 valence electrons. The SMILES string of the molecule is CCN(CC)CCNC(=O)[C@@H]1CCC(=O)N[C@H](C(C)C)C(=O)NCCOc2ccccc2C(=O)N1. The summed E-state index contributed by atoms with van der Waals surface area (Å²) < 4.78 is 5.74. The first-order valence-corrected chi connectivity index (χ1v) is 12.4. The van der Waals surface area contributed by atoms with Crippen LogP contribution in [-0.2, 0) is 14.4 Å². The number of carbonyl (C=O) groups is 4. The van der Waals surface area contributed by atoms with Gasteiger partial charge in [-0.3, -0.25) is 19.2 Å². The van der Waals surface area contributed by atoms with Crippen LogP contribution in [0, 0.1) is 5.92 Å². The molecular formula is C25H39N5O5. The molecular weight excluding hydrogens is 450 g/mol. The molecule has 0 spiro atoms. The maximum atomic E-state index is 13.1. The van der Waals surface area contributed by atoms with Crippen LogP contribution in [0.15, 0.2) is 24.3 Å². The van der Waals surface area contributed by atoms with Crippen LogP contribution in [0.2, 0.25) is 0 Å². The van der Waals surface area contributed by atoms with Crippen molar-refractivity contribution in [2.24, 2.45) is 5.92 Å². The summed E-state index contributed by atoms with van der Waals surface area (Å²) in [7, 11) is 0. The Kier molecular flexibility index (Phi) is 11.5. The zero-order chi connectivity index (χ0) is 25.8. The monoisotopic (exact) mass is 489 g/mol. The lowest BCUT2D eigenvalue weighted by molar-refractivity contribution is -0.130. The zero-order valence-electron chi connectivity index (χ0n) is 21.2. The van der Waals surface area contributed by atoms with E-state index in [1.165, 1.54) is 0 Å². The first-order chi connectivity index (χ1) is 16.8. The van der Waals surface area contributed by atoms with E-state index in [-0.39, 0.29) is 55.2 Å². The van der Waals surface area contributed by atoms with E-state index in [0.29, 0.717) is 18.8 Å². The Labute approximate surface area is 207 Å². The Morgan fingerprint density at radius 3 is 2.54 bits per heavy atom. The Hall–Kier alpha value is -3.14. The first kappa shape index (κ1) is 28.1.